The monoisotopic (exact) mass is 367 g/mol. The molecule has 0 saturated carbocycles. The summed E-state index contributed by atoms with van der Waals surface area (Å²) >= 11 is 0. The zero-order chi connectivity index (χ0) is 18.6. The van der Waals surface area contributed by atoms with E-state index in [0.717, 1.165) is 16.5 Å². The Bertz CT molecular complexity index is 1090. The van der Waals surface area contributed by atoms with Gasteiger partial charge < -0.3 is 20.6 Å². The maximum absolute atomic E-state index is 13.4. The molecule has 0 bridgehead atoms. The number of imidazole rings is 1. The lowest BCUT2D eigenvalue weighted by Crippen LogP contribution is -2.27. The predicted molar refractivity (Wildman–Crippen MR) is 99.8 cm³/mol. The van der Waals surface area contributed by atoms with Crippen LogP contribution >= 0.6 is 0 Å². The molecule has 0 spiro atoms. The number of aromatic nitrogens is 5. The lowest BCUT2D eigenvalue weighted by Gasteiger charge is -2.07. The van der Waals surface area contributed by atoms with E-state index in [-0.39, 0.29) is 11.7 Å². The number of H-pyrrole nitrogens is 2. The molecule has 3 aromatic heterocycles. The van der Waals surface area contributed by atoms with Crippen LogP contribution in [0.3, 0.4) is 0 Å². The highest BCUT2D eigenvalue weighted by molar-refractivity contribution is 5.84. The summed E-state index contributed by atoms with van der Waals surface area (Å²) in [6, 6.07) is 4.64. The second-order valence-corrected chi connectivity index (χ2v) is 6.10. The summed E-state index contributed by atoms with van der Waals surface area (Å²) in [7, 11) is 0. The van der Waals surface area contributed by atoms with Crippen LogP contribution in [0.25, 0.3) is 22.1 Å². The van der Waals surface area contributed by atoms with Crippen LogP contribution in [0.15, 0.2) is 37.1 Å². The summed E-state index contributed by atoms with van der Waals surface area (Å²) in [5, 5.41) is 6.83. The highest BCUT2D eigenvalue weighted by Gasteiger charge is 2.08. The summed E-state index contributed by atoms with van der Waals surface area (Å²) in [6.45, 7) is 0.926. The number of amides is 1. The molecule has 27 heavy (non-hydrogen) atoms. The van der Waals surface area contributed by atoms with Gasteiger partial charge in [0.2, 0.25) is 5.91 Å². The normalized spacial score (nSPS) is 11.1. The summed E-state index contributed by atoms with van der Waals surface area (Å²) < 4.78 is 13.4. The van der Waals surface area contributed by atoms with Crippen molar-refractivity contribution in [1.29, 1.82) is 0 Å². The minimum Gasteiger partial charge on any atom is -0.368 e. The average Bonchev–Trinajstić information content (AvgIpc) is 3.29. The number of hydrogen-bond acceptors (Lipinski definition) is 5. The second-order valence-electron chi connectivity index (χ2n) is 6.10. The van der Waals surface area contributed by atoms with Crippen molar-refractivity contribution < 1.29 is 9.18 Å². The quantitative estimate of drug-likeness (QED) is 0.400. The van der Waals surface area contributed by atoms with Crippen molar-refractivity contribution in [2.45, 2.75) is 12.8 Å². The van der Waals surface area contributed by atoms with Gasteiger partial charge in [-0.1, -0.05) is 0 Å². The fraction of sp³-hybridized carbons (Fsp3) is 0.222. The molecule has 1 amide bonds. The summed E-state index contributed by atoms with van der Waals surface area (Å²) in [6.07, 6.45) is 5.76. The maximum Gasteiger partial charge on any atom is 0.221 e. The SMILES string of the molecule is O=C(CCNc1ncnc2nc[nH]c12)NCCc1c[nH]c2ccc(F)cc12. The molecule has 0 unspecified atom stereocenters. The Morgan fingerprint density at radius 3 is 3.00 bits per heavy atom. The topological polar surface area (TPSA) is 111 Å². The smallest absolute Gasteiger partial charge is 0.221 e. The number of carbonyl (C=O) groups is 1. The highest BCUT2D eigenvalue weighted by Crippen LogP contribution is 2.19. The number of aromatic amines is 2. The maximum atomic E-state index is 13.4. The Morgan fingerprint density at radius 1 is 1.15 bits per heavy atom. The molecule has 138 valence electrons. The molecule has 4 N–H and O–H groups in total. The van der Waals surface area contributed by atoms with Gasteiger partial charge in [0.05, 0.1) is 6.33 Å². The average molecular weight is 367 g/mol. The minimum atomic E-state index is -0.269. The molecule has 4 aromatic rings. The molecule has 0 radical (unpaired) electrons. The Hall–Kier alpha value is -3.49. The van der Waals surface area contributed by atoms with Crippen molar-refractivity contribution in [1.82, 2.24) is 30.2 Å². The highest BCUT2D eigenvalue weighted by atomic mass is 19.1. The summed E-state index contributed by atoms with van der Waals surface area (Å²) in [5.41, 5.74) is 3.15. The van der Waals surface area contributed by atoms with E-state index >= 15 is 0 Å². The molecule has 4 rings (SSSR count). The fourth-order valence-corrected chi connectivity index (χ4v) is 2.98. The van der Waals surface area contributed by atoms with Gasteiger partial charge in [-0.15, -0.1) is 0 Å². The number of hydrogen-bond donors (Lipinski definition) is 4. The first-order valence-electron chi connectivity index (χ1n) is 8.61. The summed E-state index contributed by atoms with van der Waals surface area (Å²) in [5.74, 6) is 0.282. The second kappa shape index (κ2) is 7.40. The van der Waals surface area contributed by atoms with Crippen molar-refractivity contribution in [2.24, 2.45) is 0 Å². The van der Waals surface area contributed by atoms with Gasteiger partial charge in [0.15, 0.2) is 11.5 Å². The molecule has 0 aliphatic rings. The number of halogens is 1. The molecule has 0 saturated heterocycles. The van der Waals surface area contributed by atoms with Crippen LogP contribution in [0.1, 0.15) is 12.0 Å². The number of anilines is 1. The van der Waals surface area contributed by atoms with Gasteiger partial charge in [-0.2, -0.15) is 0 Å². The zero-order valence-electron chi connectivity index (χ0n) is 14.4. The largest absolute Gasteiger partial charge is 0.368 e. The van der Waals surface area contributed by atoms with Crippen molar-refractivity contribution in [2.75, 3.05) is 18.4 Å². The molecule has 1 aromatic carbocycles. The third-order valence-electron chi connectivity index (χ3n) is 4.31. The van der Waals surface area contributed by atoms with Gasteiger partial charge in [-0.25, -0.2) is 19.3 Å². The Morgan fingerprint density at radius 2 is 2.07 bits per heavy atom. The Kier molecular flexibility index (Phi) is 4.65. The molecule has 0 fully saturated rings. The Balaban J connectivity index is 1.25. The number of fused-ring (bicyclic) bond motifs is 2. The van der Waals surface area contributed by atoms with Gasteiger partial charge in [-0.05, 0) is 30.2 Å². The number of nitrogens with one attached hydrogen (secondary N) is 4. The van der Waals surface area contributed by atoms with Crippen molar-refractivity contribution >= 4 is 33.8 Å². The lowest BCUT2D eigenvalue weighted by atomic mass is 10.1. The van der Waals surface area contributed by atoms with Crippen molar-refractivity contribution in [3.63, 3.8) is 0 Å². The van der Waals surface area contributed by atoms with E-state index in [1.54, 1.807) is 12.4 Å². The first kappa shape index (κ1) is 17.0. The Labute approximate surface area is 153 Å². The van der Waals surface area contributed by atoms with Gasteiger partial charge in [0.25, 0.3) is 0 Å². The van der Waals surface area contributed by atoms with Gasteiger partial charge in [0, 0.05) is 36.6 Å². The molecule has 9 heteroatoms. The van der Waals surface area contributed by atoms with E-state index < -0.39 is 0 Å². The molecule has 3 heterocycles. The van der Waals surface area contributed by atoms with Crippen LogP contribution in [-0.2, 0) is 11.2 Å². The van der Waals surface area contributed by atoms with Crippen LogP contribution in [0.5, 0.6) is 0 Å². The molecule has 0 atom stereocenters. The van der Waals surface area contributed by atoms with Crippen LogP contribution in [-0.4, -0.2) is 43.9 Å². The van der Waals surface area contributed by atoms with E-state index in [2.05, 4.69) is 35.6 Å². The van der Waals surface area contributed by atoms with Crippen molar-refractivity contribution in [3.05, 3.63) is 48.4 Å². The fourth-order valence-electron chi connectivity index (χ4n) is 2.98. The molecule has 8 nitrogen and oxygen atoms in total. The molecule has 0 aliphatic heterocycles. The van der Waals surface area contributed by atoms with Crippen LogP contribution in [0.4, 0.5) is 10.2 Å². The van der Waals surface area contributed by atoms with E-state index in [4.69, 9.17) is 0 Å². The summed E-state index contributed by atoms with van der Waals surface area (Å²) in [4.78, 5) is 30.3. The lowest BCUT2D eigenvalue weighted by molar-refractivity contribution is -0.120. The van der Waals surface area contributed by atoms with Gasteiger partial charge in [-0.3, -0.25) is 4.79 Å². The predicted octanol–water partition coefficient (Wildman–Crippen LogP) is 2.13. The number of carbonyl (C=O) groups excluding carboxylic acids is 1. The molecule has 0 aliphatic carbocycles. The van der Waals surface area contributed by atoms with Crippen molar-refractivity contribution in [3.8, 4) is 0 Å². The number of rotatable bonds is 7. The first-order chi connectivity index (χ1) is 13.2. The zero-order valence-corrected chi connectivity index (χ0v) is 14.4. The van der Waals surface area contributed by atoms with E-state index in [9.17, 15) is 9.18 Å². The van der Waals surface area contributed by atoms with Crippen LogP contribution in [0, 0.1) is 5.82 Å². The standard InChI is InChI=1S/C18H18FN7O/c19-12-1-2-14-13(7-12)11(8-22-14)3-5-20-15(27)4-6-21-17-16-18(24-9-23-16)26-10-25-17/h1-2,7-10,22H,3-6H2,(H,20,27)(H2,21,23,24,25,26). The van der Waals surface area contributed by atoms with E-state index in [1.807, 2.05) is 6.20 Å². The minimum absolute atomic E-state index is 0.0663. The van der Waals surface area contributed by atoms with Crippen LogP contribution < -0.4 is 10.6 Å². The number of nitrogens with zero attached hydrogens (tertiary/aromatic N) is 3. The first-order valence-corrected chi connectivity index (χ1v) is 8.61. The molecular weight excluding hydrogens is 349 g/mol. The molecular formula is C18H18FN7O. The van der Waals surface area contributed by atoms with Gasteiger partial charge >= 0.3 is 0 Å². The third kappa shape index (κ3) is 3.71. The van der Waals surface area contributed by atoms with Gasteiger partial charge in [0.1, 0.15) is 17.7 Å². The van der Waals surface area contributed by atoms with E-state index in [1.165, 1.54) is 18.5 Å². The number of benzene rings is 1. The van der Waals surface area contributed by atoms with Crippen LogP contribution in [0.2, 0.25) is 0 Å². The third-order valence-corrected chi connectivity index (χ3v) is 4.31. The van der Waals surface area contributed by atoms with E-state index in [0.29, 0.717) is 42.9 Å².